The summed E-state index contributed by atoms with van der Waals surface area (Å²) in [4.78, 5) is -0.278. The fourth-order valence-corrected chi connectivity index (χ4v) is 3.18. The number of rotatable bonds is 3. The minimum absolute atomic E-state index is 0.0352. The van der Waals surface area contributed by atoms with E-state index in [-0.39, 0.29) is 26.3 Å². The molecule has 0 bridgehead atoms. The summed E-state index contributed by atoms with van der Waals surface area (Å²) < 4.78 is 39.8. The van der Waals surface area contributed by atoms with Crippen LogP contribution in [0.1, 0.15) is 0 Å². The number of halogens is 3. The molecule has 0 saturated heterocycles. The average molecular weight is 335 g/mol. The minimum atomic E-state index is -4.01. The van der Waals surface area contributed by atoms with Gasteiger partial charge >= 0.3 is 0 Å². The molecule has 0 radical (unpaired) electrons. The number of nitrogen functional groups attached to an aromatic ring is 1. The average Bonchev–Trinajstić information content (AvgIpc) is 2.37. The van der Waals surface area contributed by atoms with Crippen LogP contribution in [0, 0.1) is 5.82 Å². The molecule has 2 aromatic rings. The van der Waals surface area contributed by atoms with Gasteiger partial charge in [-0.2, -0.15) is 0 Å². The van der Waals surface area contributed by atoms with Gasteiger partial charge in [0.1, 0.15) is 5.82 Å². The van der Waals surface area contributed by atoms with Crippen molar-refractivity contribution in [1.29, 1.82) is 0 Å². The highest BCUT2D eigenvalue weighted by Crippen LogP contribution is 2.32. The number of hydrogen-bond donors (Lipinski definition) is 2. The molecule has 0 aliphatic rings. The molecule has 0 heterocycles. The molecule has 0 saturated carbocycles. The molecule has 4 nitrogen and oxygen atoms in total. The molecule has 0 spiro atoms. The van der Waals surface area contributed by atoms with Gasteiger partial charge in [0.25, 0.3) is 10.0 Å². The Labute approximate surface area is 125 Å². The van der Waals surface area contributed by atoms with Crippen LogP contribution in [0.3, 0.4) is 0 Å². The lowest BCUT2D eigenvalue weighted by Gasteiger charge is -2.11. The highest BCUT2D eigenvalue weighted by atomic mass is 35.5. The molecule has 0 amide bonds. The first-order valence-electron chi connectivity index (χ1n) is 5.33. The van der Waals surface area contributed by atoms with E-state index in [0.29, 0.717) is 0 Å². The van der Waals surface area contributed by atoms with Gasteiger partial charge < -0.3 is 5.73 Å². The van der Waals surface area contributed by atoms with E-state index in [2.05, 4.69) is 4.72 Å². The van der Waals surface area contributed by atoms with E-state index in [1.54, 1.807) is 6.07 Å². The van der Waals surface area contributed by atoms with E-state index in [9.17, 15) is 12.8 Å². The van der Waals surface area contributed by atoms with Crippen LogP contribution in [0.5, 0.6) is 0 Å². The zero-order valence-corrected chi connectivity index (χ0v) is 12.2. The second-order valence-electron chi connectivity index (χ2n) is 3.89. The zero-order chi connectivity index (χ0) is 14.9. The molecule has 0 unspecified atom stereocenters. The fourth-order valence-electron chi connectivity index (χ4n) is 1.46. The fraction of sp³-hybridized carbons (Fsp3) is 0. The van der Waals surface area contributed by atoms with E-state index in [1.165, 1.54) is 18.2 Å². The Kier molecular flexibility index (Phi) is 4.08. The third-order valence-corrected chi connectivity index (χ3v) is 4.46. The van der Waals surface area contributed by atoms with Crippen molar-refractivity contribution in [3.8, 4) is 0 Å². The van der Waals surface area contributed by atoms with Gasteiger partial charge in [-0.3, -0.25) is 4.72 Å². The maximum absolute atomic E-state index is 13.3. The molecule has 0 aromatic heterocycles. The van der Waals surface area contributed by atoms with E-state index < -0.39 is 15.8 Å². The van der Waals surface area contributed by atoms with Crippen LogP contribution in [-0.4, -0.2) is 8.42 Å². The summed E-state index contributed by atoms with van der Waals surface area (Å²) >= 11 is 11.7. The Morgan fingerprint density at radius 3 is 2.25 bits per heavy atom. The Balaban J connectivity index is 2.43. The topological polar surface area (TPSA) is 72.2 Å². The number of nitrogens with one attached hydrogen (secondary N) is 1. The van der Waals surface area contributed by atoms with E-state index in [4.69, 9.17) is 28.9 Å². The molecule has 0 fully saturated rings. The second-order valence-corrected chi connectivity index (χ2v) is 6.38. The number of hydrogen-bond acceptors (Lipinski definition) is 3. The zero-order valence-electron chi connectivity index (χ0n) is 9.90. The van der Waals surface area contributed by atoms with Crippen LogP contribution in [-0.2, 0) is 10.0 Å². The predicted octanol–water partition coefficient (Wildman–Crippen LogP) is 3.52. The molecular formula is C12H9Cl2FN2O2S. The summed E-state index contributed by atoms with van der Waals surface area (Å²) in [5.41, 5.74) is 5.20. The van der Waals surface area contributed by atoms with Gasteiger partial charge in [-0.25, -0.2) is 12.8 Å². The second kappa shape index (κ2) is 5.47. The predicted molar refractivity (Wildman–Crippen MR) is 78.1 cm³/mol. The van der Waals surface area contributed by atoms with Crippen LogP contribution in [0.4, 0.5) is 15.8 Å². The quantitative estimate of drug-likeness (QED) is 0.843. The number of nitrogens with two attached hydrogens (primary N) is 1. The lowest BCUT2D eigenvalue weighted by molar-refractivity contribution is 0.596. The van der Waals surface area contributed by atoms with Crippen LogP contribution < -0.4 is 10.5 Å². The van der Waals surface area contributed by atoms with Gasteiger partial charge in [-0.15, -0.1) is 0 Å². The molecule has 2 rings (SSSR count). The third-order valence-electron chi connectivity index (χ3n) is 2.48. The van der Waals surface area contributed by atoms with Crippen LogP contribution in [0.25, 0.3) is 0 Å². The first-order valence-corrected chi connectivity index (χ1v) is 7.57. The van der Waals surface area contributed by atoms with Crippen LogP contribution in [0.2, 0.25) is 10.0 Å². The molecule has 0 aliphatic heterocycles. The number of para-hydroxylation sites is 1. The first-order chi connectivity index (χ1) is 9.31. The highest BCUT2D eigenvalue weighted by Gasteiger charge is 2.18. The third kappa shape index (κ3) is 2.98. The Morgan fingerprint density at radius 1 is 1.10 bits per heavy atom. The van der Waals surface area contributed by atoms with Gasteiger partial charge in [0.05, 0.1) is 26.3 Å². The van der Waals surface area contributed by atoms with Crippen molar-refractivity contribution < 1.29 is 12.8 Å². The lowest BCUT2D eigenvalue weighted by atomic mass is 10.3. The van der Waals surface area contributed by atoms with Crippen molar-refractivity contribution in [3.05, 3.63) is 52.3 Å². The summed E-state index contributed by atoms with van der Waals surface area (Å²) in [6.07, 6.45) is 0. The molecule has 2 aromatic carbocycles. The molecule has 8 heteroatoms. The van der Waals surface area contributed by atoms with Gasteiger partial charge in [0.2, 0.25) is 0 Å². The van der Waals surface area contributed by atoms with E-state index in [0.717, 1.165) is 12.1 Å². The molecular weight excluding hydrogens is 326 g/mol. The molecule has 0 aliphatic carbocycles. The van der Waals surface area contributed by atoms with E-state index >= 15 is 0 Å². The number of anilines is 2. The summed E-state index contributed by atoms with van der Waals surface area (Å²) in [6.45, 7) is 0. The Hall–Kier alpha value is -1.50. The number of benzene rings is 2. The standard InChI is InChI=1S/C12H9Cl2FN2O2S/c13-8-2-1-3-9(14)12(8)17-20(18,19)7-4-5-11(16)10(15)6-7/h1-6,17H,16H2. The van der Waals surface area contributed by atoms with Gasteiger partial charge in [0, 0.05) is 0 Å². The van der Waals surface area contributed by atoms with Crippen molar-refractivity contribution >= 4 is 44.6 Å². The summed E-state index contributed by atoms with van der Waals surface area (Å²) in [7, 11) is -4.01. The summed E-state index contributed by atoms with van der Waals surface area (Å²) in [5.74, 6) is -0.821. The van der Waals surface area contributed by atoms with Gasteiger partial charge in [-0.05, 0) is 30.3 Å². The molecule has 3 N–H and O–H groups in total. The molecule has 0 atom stereocenters. The van der Waals surface area contributed by atoms with Crippen molar-refractivity contribution in [2.45, 2.75) is 4.90 Å². The van der Waals surface area contributed by atoms with Gasteiger partial charge in [0.15, 0.2) is 0 Å². The Morgan fingerprint density at radius 2 is 1.70 bits per heavy atom. The molecule has 20 heavy (non-hydrogen) atoms. The van der Waals surface area contributed by atoms with Crippen LogP contribution >= 0.6 is 23.2 Å². The summed E-state index contributed by atoms with van der Waals surface area (Å²) in [5, 5.41) is 0.272. The Bertz CT molecular complexity index is 746. The largest absolute Gasteiger partial charge is 0.396 e. The maximum Gasteiger partial charge on any atom is 0.262 e. The van der Waals surface area contributed by atoms with E-state index in [1.807, 2.05) is 0 Å². The van der Waals surface area contributed by atoms with Crippen molar-refractivity contribution in [2.75, 3.05) is 10.5 Å². The number of sulfonamides is 1. The smallest absolute Gasteiger partial charge is 0.262 e. The monoisotopic (exact) mass is 334 g/mol. The highest BCUT2D eigenvalue weighted by molar-refractivity contribution is 7.92. The lowest BCUT2D eigenvalue weighted by Crippen LogP contribution is -2.14. The van der Waals surface area contributed by atoms with Crippen molar-refractivity contribution in [2.24, 2.45) is 0 Å². The SMILES string of the molecule is Nc1ccc(S(=O)(=O)Nc2c(Cl)cccc2Cl)cc1F. The summed E-state index contributed by atoms with van der Waals surface area (Å²) in [6, 6.07) is 7.71. The molecule has 106 valence electrons. The first kappa shape index (κ1) is 14.9. The minimum Gasteiger partial charge on any atom is -0.396 e. The van der Waals surface area contributed by atoms with Crippen LogP contribution in [0.15, 0.2) is 41.3 Å². The van der Waals surface area contributed by atoms with Crippen molar-refractivity contribution in [1.82, 2.24) is 0 Å². The maximum atomic E-state index is 13.3. The normalized spacial score (nSPS) is 11.3. The van der Waals surface area contributed by atoms with Crippen molar-refractivity contribution in [3.63, 3.8) is 0 Å². The van der Waals surface area contributed by atoms with Gasteiger partial charge in [-0.1, -0.05) is 29.3 Å².